The molecule has 1 aromatic carbocycles. The number of carbonyl (C=O) groups is 1. The molecular formula is C14H21NO3. The van der Waals surface area contributed by atoms with Crippen LogP contribution in [-0.4, -0.2) is 42.7 Å². The summed E-state index contributed by atoms with van der Waals surface area (Å²) in [6, 6.07) is 8.20. The van der Waals surface area contributed by atoms with Crippen molar-refractivity contribution in [2.24, 2.45) is 0 Å². The van der Waals surface area contributed by atoms with Crippen molar-refractivity contribution in [1.82, 2.24) is 4.90 Å². The fraction of sp³-hybridized carbons (Fsp3) is 0.500. The Morgan fingerprint density at radius 3 is 2.72 bits per heavy atom. The van der Waals surface area contributed by atoms with Crippen molar-refractivity contribution in [3.05, 3.63) is 29.8 Å². The number of likely N-dealkylation sites (N-methyl/N-ethyl adjacent to an activating group) is 1. The molecule has 0 amide bonds. The fourth-order valence-corrected chi connectivity index (χ4v) is 1.84. The molecule has 1 N–H and O–H groups in total. The predicted molar refractivity (Wildman–Crippen MR) is 71.0 cm³/mol. The molecule has 0 aliphatic carbocycles. The van der Waals surface area contributed by atoms with E-state index < -0.39 is 5.97 Å². The smallest absolute Gasteiger partial charge is 0.304 e. The van der Waals surface area contributed by atoms with E-state index in [1.54, 1.807) is 7.11 Å². The van der Waals surface area contributed by atoms with E-state index in [1.807, 2.05) is 31.3 Å². The Labute approximate surface area is 108 Å². The van der Waals surface area contributed by atoms with Crippen LogP contribution in [0.4, 0.5) is 0 Å². The lowest BCUT2D eigenvalue weighted by Crippen LogP contribution is -2.32. The molecule has 4 nitrogen and oxygen atoms in total. The van der Waals surface area contributed by atoms with E-state index in [1.165, 1.54) is 0 Å². The third kappa shape index (κ3) is 4.37. The summed E-state index contributed by atoms with van der Waals surface area (Å²) >= 11 is 0. The molecule has 0 aliphatic rings. The molecule has 0 spiro atoms. The van der Waals surface area contributed by atoms with Gasteiger partial charge < -0.3 is 14.7 Å². The number of methoxy groups -OCH3 is 1. The highest BCUT2D eigenvalue weighted by atomic mass is 16.5. The maximum Gasteiger partial charge on any atom is 0.304 e. The first-order chi connectivity index (χ1) is 8.54. The van der Waals surface area contributed by atoms with Crippen LogP contribution >= 0.6 is 0 Å². The lowest BCUT2D eigenvalue weighted by molar-refractivity contribution is -0.137. The molecule has 1 aromatic rings. The number of aliphatic carboxylic acids is 1. The molecule has 0 saturated carbocycles. The number of ether oxygens (including phenoxy) is 1. The van der Waals surface area contributed by atoms with Crippen LogP contribution in [0.25, 0.3) is 0 Å². The topological polar surface area (TPSA) is 49.8 Å². The quantitative estimate of drug-likeness (QED) is 0.805. The van der Waals surface area contributed by atoms with Gasteiger partial charge in [-0.15, -0.1) is 0 Å². The number of rotatable bonds is 7. The fourth-order valence-electron chi connectivity index (χ4n) is 1.84. The Morgan fingerprint density at radius 2 is 2.11 bits per heavy atom. The van der Waals surface area contributed by atoms with Gasteiger partial charge in [0.25, 0.3) is 0 Å². The normalized spacial score (nSPS) is 12.4. The number of para-hydroxylation sites is 1. The molecule has 0 unspecified atom stereocenters. The molecule has 1 atom stereocenters. The Kier molecular flexibility index (Phi) is 5.65. The molecule has 0 radical (unpaired) electrons. The van der Waals surface area contributed by atoms with Crippen molar-refractivity contribution in [3.8, 4) is 5.75 Å². The second-order valence-corrected chi connectivity index (χ2v) is 4.49. The van der Waals surface area contributed by atoms with E-state index in [4.69, 9.17) is 9.84 Å². The average Bonchev–Trinajstić information content (AvgIpc) is 2.36. The van der Waals surface area contributed by atoms with Crippen LogP contribution in [0.3, 0.4) is 0 Å². The zero-order chi connectivity index (χ0) is 13.5. The molecule has 4 heteroatoms. The van der Waals surface area contributed by atoms with Gasteiger partial charge >= 0.3 is 5.97 Å². The third-order valence-electron chi connectivity index (χ3n) is 3.14. The lowest BCUT2D eigenvalue weighted by atomic mass is 10.1. The summed E-state index contributed by atoms with van der Waals surface area (Å²) in [6.45, 7) is 2.65. The molecular weight excluding hydrogens is 230 g/mol. The first-order valence-corrected chi connectivity index (χ1v) is 6.08. The monoisotopic (exact) mass is 251 g/mol. The molecule has 18 heavy (non-hydrogen) atoms. The standard InChI is InChI=1S/C14H21NO3/c1-11(15(2)9-8-14(16)17)10-12-6-4-5-7-13(12)18-3/h4-7,11H,8-10H2,1-3H3,(H,16,17)/t11-/m1/s1. The second-order valence-electron chi connectivity index (χ2n) is 4.49. The van der Waals surface area contributed by atoms with Crippen LogP contribution in [-0.2, 0) is 11.2 Å². The minimum atomic E-state index is -0.758. The Hall–Kier alpha value is -1.55. The molecule has 0 saturated heterocycles. The van der Waals surface area contributed by atoms with Gasteiger partial charge in [0.05, 0.1) is 13.5 Å². The van der Waals surface area contributed by atoms with Crippen LogP contribution in [0.15, 0.2) is 24.3 Å². The highest BCUT2D eigenvalue weighted by Gasteiger charge is 2.13. The summed E-state index contributed by atoms with van der Waals surface area (Å²) < 4.78 is 5.31. The highest BCUT2D eigenvalue weighted by molar-refractivity contribution is 5.66. The largest absolute Gasteiger partial charge is 0.496 e. The van der Waals surface area contributed by atoms with Gasteiger partial charge in [0.1, 0.15) is 5.75 Å². The summed E-state index contributed by atoms with van der Waals surface area (Å²) in [5.74, 6) is 0.127. The van der Waals surface area contributed by atoms with Crippen LogP contribution in [0.1, 0.15) is 18.9 Å². The molecule has 0 fully saturated rings. The van der Waals surface area contributed by atoms with Gasteiger partial charge in [0.2, 0.25) is 0 Å². The Bertz CT molecular complexity index is 392. The highest BCUT2D eigenvalue weighted by Crippen LogP contribution is 2.20. The molecule has 0 bridgehead atoms. The maximum absolute atomic E-state index is 10.5. The zero-order valence-electron chi connectivity index (χ0n) is 11.2. The van der Waals surface area contributed by atoms with Gasteiger partial charge in [-0.25, -0.2) is 0 Å². The van der Waals surface area contributed by atoms with Crippen LogP contribution < -0.4 is 4.74 Å². The van der Waals surface area contributed by atoms with Gasteiger partial charge in [-0.05, 0) is 32.0 Å². The first-order valence-electron chi connectivity index (χ1n) is 6.08. The van der Waals surface area contributed by atoms with Gasteiger partial charge in [-0.1, -0.05) is 18.2 Å². The van der Waals surface area contributed by atoms with Crippen LogP contribution in [0, 0.1) is 0 Å². The maximum atomic E-state index is 10.5. The molecule has 100 valence electrons. The molecule has 0 aromatic heterocycles. The summed E-state index contributed by atoms with van der Waals surface area (Å²) in [5.41, 5.74) is 1.15. The van der Waals surface area contributed by atoms with E-state index in [2.05, 4.69) is 11.8 Å². The van der Waals surface area contributed by atoms with Crippen molar-refractivity contribution >= 4 is 5.97 Å². The summed E-state index contributed by atoms with van der Waals surface area (Å²) in [7, 11) is 3.61. The second kappa shape index (κ2) is 7.01. The van der Waals surface area contributed by atoms with E-state index >= 15 is 0 Å². The third-order valence-corrected chi connectivity index (χ3v) is 3.14. The van der Waals surface area contributed by atoms with Gasteiger partial charge in [-0.3, -0.25) is 4.79 Å². The lowest BCUT2D eigenvalue weighted by Gasteiger charge is -2.24. The van der Waals surface area contributed by atoms with Crippen molar-refractivity contribution in [1.29, 1.82) is 0 Å². The minimum Gasteiger partial charge on any atom is -0.496 e. The Morgan fingerprint density at radius 1 is 1.44 bits per heavy atom. The van der Waals surface area contributed by atoms with E-state index in [-0.39, 0.29) is 12.5 Å². The SMILES string of the molecule is COc1ccccc1C[C@@H](C)N(C)CCC(=O)O. The first kappa shape index (κ1) is 14.5. The number of hydrogen-bond acceptors (Lipinski definition) is 3. The van der Waals surface area contributed by atoms with Crippen molar-refractivity contribution in [3.63, 3.8) is 0 Å². The number of carboxylic acids is 1. The van der Waals surface area contributed by atoms with E-state index in [0.29, 0.717) is 6.54 Å². The Balaban J connectivity index is 2.57. The van der Waals surface area contributed by atoms with E-state index in [0.717, 1.165) is 17.7 Å². The van der Waals surface area contributed by atoms with Crippen LogP contribution in [0.5, 0.6) is 5.75 Å². The summed E-state index contributed by atoms with van der Waals surface area (Å²) in [6.07, 6.45) is 1.02. The number of hydrogen-bond donors (Lipinski definition) is 1. The van der Waals surface area contributed by atoms with Crippen molar-refractivity contribution < 1.29 is 14.6 Å². The number of benzene rings is 1. The van der Waals surface area contributed by atoms with E-state index in [9.17, 15) is 4.79 Å². The molecule has 0 heterocycles. The summed E-state index contributed by atoms with van der Waals surface area (Å²) in [5, 5.41) is 8.67. The zero-order valence-corrected chi connectivity index (χ0v) is 11.2. The minimum absolute atomic E-state index is 0.173. The van der Waals surface area contributed by atoms with Gasteiger partial charge in [0.15, 0.2) is 0 Å². The van der Waals surface area contributed by atoms with Crippen molar-refractivity contribution in [2.45, 2.75) is 25.8 Å². The average molecular weight is 251 g/mol. The summed E-state index contributed by atoms with van der Waals surface area (Å²) in [4.78, 5) is 12.6. The number of carboxylic acid groups (broad SMARTS) is 1. The number of nitrogens with zero attached hydrogens (tertiary/aromatic N) is 1. The van der Waals surface area contributed by atoms with Gasteiger partial charge in [0, 0.05) is 12.6 Å². The predicted octanol–water partition coefficient (Wildman–Crippen LogP) is 2.03. The molecule has 0 aliphatic heterocycles. The molecule has 1 rings (SSSR count). The van der Waals surface area contributed by atoms with Crippen LogP contribution in [0.2, 0.25) is 0 Å². The van der Waals surface area contributed by atoms with Crippen molar-refractivity contribution in [2.75, 3.05) is 20.7 Å². The van der Waals surface area contributed by atoms with Gasteiger partial charge in [-0.2, -0.15) is 0 Å².